The van der Waals surface area contributed by atoms with Crippen molar-refractivity contribution >= 4 is 21.9 Å². The van der Waals surface area contributed by atoms with Crippen molar-refractivity contribution in [2.24, 2.45) is 5.92 Å². The summed E-state index contributed by atoms with van der Waals surface area (Å²) in [4.78, 5) is 21.9. The van der Waals surface area contributed by atoms with E-state index in [2.05, 4.69) is 20.0 Å². The van der Waals surface area contributed by atoms with E-state index in [4.69, 9.17) is 4.74 Å². The van der Waals surface area contributed by atoms with Gasteiger partial charge in [0.15, 0.2) is 0 Å². The number of aromatic nitrogens is 2. The lowest BCUT2D eigenvalue weighted by atomic mass is 9.85. The van der Waals surface area contributed by atoms with Crippen molar-refractivity contribution in [2.75, 3.05) is 11.3 Å². The Morgan fingerprint density at radius 3 is 2.61 bits per heavy atom. The average molecular weight is 507 g/mol. The minimum atomic E-state index is -4.04. The first-order valence-corrected chi connectivity index (χ1v) is 13.9. The first-order valence-electron chi connectivity index (χ1n) is 12.4. The monoisotopic (exact) mass is 506 g/mol. The number of amides is 1. The van der Waals surface area contributed by atoms with Gasteiger partial charge in [-0.25, -0.2) is 18.1 Å². The van der Waals surface area contributed by atoms with Gasteiger partial charge >= 0.3 is 0 Å². The van der Waals surface area contributed by atoms with Crippen LogP contribution in [0, 0.1) is 12.8 Å². The quantitative estimate of drug-likeness (QED) is 0.532. The number of carbonyl (C=O) groups excluding carboxylic acids is 1. The van der Waals surface area contributed by atoms with E-state index in [-0.39, 0.29) is 40.8 Å². The zero-order valence-corrected chi connectivity index (χ0v) is 21.1. The third kappa shape index (κ3) is 5.51. The van der Waals surface area contributed by atoms with E-state index in [1.54, 1.807) is 18.2 Å². The van der Waals surface area contributed by atoms with Crippen molar-refractivity contribution < 1.29 is 17.9 Å². The van der Waals surface area contributed by atoms with Gasteiger partial charge in [0, 0.05) is 17.2 Å². The number of hydrogen-bond donors (Lipinski definition) is 2. The molecule has 1 aromatic heterocycles. The highest BCUT2D eigenvalue weighted by molar-refractivity contribution is 7.92. The fraction of sp³-hybridized carbons (Fsp3) is 0.370. The van der Waals surface area contributed by atoms with Gasteiger partial charge in [-0.2, -0.15) is 4.98 Å². The Kier molecular flexibility index (Phi) is 6.91. The maximum absolute atomic E-state index is 13.2. The molecule has 1 atom stereocenters. The summed E-state index contributed by atoms with van der Waals surface area (Å²) in [6.45, 7) is 2.18. The molecule has 1 aliphatic heterocycles. The first kappa shape index (κ1) is 24.2. The lowest BCUT2D eigenvalue weighted by Gasteiger charge is -2.27. The molecule has 0 unspecified atom stereocenters. The molecule has 2 N–H and O–H groups in total. The molecule has 0 saturated heterocycles. The number of ether oxygens (including phenoxy) is 1. The second-order valence-corrected chi connectivity index (χ2v) is 11.3. The van der Waals surface area contributed by atoms with Gasteiger partial charge in [-0.1, -0.05) is 62.4 Å². The molecular formula is C27H30N4O4S. The molecule has 2 heterocycles. The number of fused-ring (bicyclic) bond motifs is 4. The Balaban J connectivity index is 1.56. The van der Waals surface area contributed by atoms with Crippen LogP contribution in [0.1, 0.15) is 54.4 Å². The second-order valence-electron chi connectivity index (χ2n) is 9.58. The van der Waals surface area contributed by atoms with Crippen molar-refractivity contribution in [3.05, 3.63) is 65.7 Å². The van der Waals surface area contributed by atoms with Crippen molar-refractivity contribution in [2.45, 2.75) is 56.4 Å². The fourth-order valence-corrected chi connectivity index (χ4v) is 5.96. The number of nitrogens with one attached hydrogen (secondary N) is 2. The van der Waals surface area contributed by atoms with E-state index in [1.165, 1.54) is 31.4 Å². The third-order valence-electron chi connectivity index (χ3n) is 6.87. The minimum absolute atomic E-state index is 0.0365. The molecule has 36 heavy (non-hydrogen) atoms. The molecule has 0 spiro atoms. The van der Waals surface area contributed by atoms with E-state index in [0.717, 1.165) is 30.4 Å². The van der Waals surface area contributed by atoms with Crippen LogP contribution in [0.5, 0.6) is 5.88 Å². The van der Waals surface area contributed by atoms with Crippen LogP contribution in [-0.2, 0) is 10.0 Å². The highest BCUT2D eigenvalue weighted by Gasteiger charge is 2.25. The molecule has 1 saturated carbocycles. The fourth-order valence-electron chi connectivity index (χ4n) is 4.97. The Labute approximate surface area is 211 Å². The Hall–Kier alpha value is -3.46. The van der Waals surface area contributed by atoms with Crippen LogP contribution in [0.15, 0.2) is 59.5 Å². The summed E-state index contributed by atoms with van der Waals surface area (Å²) < 4.78 is 34.9. The topological polar surface area (TPSA) is 110 Å². The minimum Gasteiger partial charge on any atom is -0.475 e. The van der Waals surface area contributed by atoms with E-state index in [0.29, 0.717) is 11.6 Å². The van der Waals surface area contributed by atoms with Crippen molar-refractivity contribution in [3.8, 4) is 17.1 Å². The molecule has 4 bridgehead atoms. The van der Waals surface area contributed by atoms with Crippen LogP contribution in [0.3, 0.4) is 0 Å². The summed E-state index contributed by atoms with van der Waals surface area (Å²) in [5.74, 6) is 0.350. The second kappa shape index (κ2) is 10.3. The molecule has 0 radical (unpaired) electrons. The molecule has 2 aliphatic rings. The van der Waals surface area contributed by atoms with E-state index < -0.39 is 10.0 Å². The largest absolute Gasteiger partial charge is 0.475 e. The maximum Gasteiger partial charge on any atom is 0.264 e. The van der Waals surface area contributed by atoms with Crippen molar-refractivity contribution in [1.29, 1.82) is 0 Å². The number of rotatable bonds is 3. The molecule has 3 aromatic rings. The van der Waals surface area contributed by atoms with Gasteiger partial charge in [-0.05, 0) is 43.0 Å². The molecule has 9 heteroatoms. The SMILES string of the molecule is Cc1ccccc1-c1cc2nc(n1)NS(=O)(=O)c1cccc(c1)C(=O)N[C@H](CC1CCCCC1)CO2. The number of anilines is 1. The standard InChI is InChI=1S/C27H30N4O4S/c1-18-8-5-6-13-23(18)24-16-25-30-27(29-24)31-36(33,34)22-12-7-11-20(15-22)26(32)28-21(17-35-25)14-19-9-3-2-4-10-19/h5-8,11-13,15-16,19,21H,2-4,9-10,14,17H2,1H3,(H,28,32)(H,29,30,31)/t21-/m1/s1. The van der Waals surface area contributed by atoms with Crippen LogP contribution in [0.2, 0.25) is 0 Å². The average Bonchev–Trinajstić information content (AvgIpc) is 2.87. The smallest absolute Gasteiger partial charge is 0.264 e. The van der Waals surface area contributed by atoms with Gasteiger partial charge in [-0.3, -0.25) is 4.79 Å². The lowest BCUT2D eigenvalue weighted by Crippen LogP contribution is -2.40. The Bertz CT molecular complexity index is 1370. The molecular weight excluding hydrogens is 476 g/mol. The molecule has 5 rings (SSSR count). The number of hydrogen-bond acceptors (Lipinski definition) is 6. The molecule has 1 fully saturated rings. The van der Waals surface area contributed by atoms with E-state index in [1.807, 2.05) is 31.2 Å². The van der Waals surface area contributed by atoms with E-state index >= 15 is 0 Å². The zero-order chi connectivity index (χ0) is 25.1. The first-order chi connectivity index (χ1) is 17.4. The van der Waals surface area contributed by atoms with Crippen molar-refractivity contribution in [3.63, 3.8) is 0 Å². The van der Waals surface area contributed by atoms with Crippen LogP contribution >= 0.6 is 0 Å². The predicted octanol–water partition coefficient (Wildman–Crippen LogP) is 4.71. The van der Waals surface area contributed by atoms with Gasteiger partial charge in [-0.15, -0.1) is 0 Å². The summed E-state index contributed by atoms with van der Waals surface area (Å²) >= 11 is 0. The number of sulfonamides is 1. The summed E-state index contributed by atoms with van der Waals surface area (Å²) in [6.07, 6.45) is 6.73. The van der Waals surface area contributed by atoms with E-state index in [9.17, 15) is 13.2 Å². The summed E-state index contributed by atoms with van der Waals surface area (Å²) in [7, 11) is -4.04. The lowest BCUT2D eigenvalue weighted by molar-refractivity contribution is 0.0907. The van der Waals surface area contributed by atoms with Crippen molar-refractivity contribution in [1.82, 2.24) is 15.3 Å². The Morgan fingerprint density at radius 2 is 1.81 bits per heavy atom. The predicted molar refractivity (Wildman–Crippen MR) is 137 cm³/mol. The summed E-state index contributed by atoms with van der Waals surface area (Å²) in [5, 5.41) is 3.08. The summed E-state index contributed by atoms with van der Waals surface area (Å²) in [6, 6.07) is 15.2. The summed E-state index contributed by atoms with van der Waals surface area (Å²) in [5.41, 5.74) is 2.67. The molecule has 188 valence electrons. The number of nitrogens with zero attached hydrogens (tertiary/aromatic N) is 2. The van der Waals surface area contributed by atoms with Crippen LogP contribution in [-0.4, -0.2) is 36.9 Å². The number of aryl methyl sites for hydroxylation is 1. The highest BCUT2D eigenvalue weighted by atomic mass is 32.2. The molecule has 8 nitrogen and oxygen atoms in total. The number of benzene rings is 2. The molecule has 1 aliphatic carbocycles. The third-order valence-corrected chi connectivity index (χ3v) is 8.19. The van der Waals surface area contributed by atoms with Gasteiger partial charge in [0.2, 0.25) is 11.8 Å². The van der Waals surface area contributed by atoms with Gasteiger partial charge < -0.3 is 10.1 Å². The normalized spacial score (nSPS) is 20.0. The molecule has 1 amide bonds. The van der Waals surface area contributed by atoms with Gasteiger partial charge in [0.25, 0.3) is 15.9 Å². The van der Waals surface area contributed by atoms with Gasteiger partial charge in [0.05, 0.1) is 16.6 Å². The maximum atomic E-state index is 13.2. The van der Waals surface area contributed by atoms with Crippen LogP contribution < -0.4 is 14.8 Å². The highest BCUT2D eigenvalue weighted by Crippen LogP contribution is 2.29. The van der Waals surface area contributed by atoms with Crippen LogP contribution in [0.4, 0.5) is 5.95 Å². The van der Waals surface area contributed by atoms with Gasteiger partial charge in [0.1, 0.15) is 6.61 Å². The number of carbonyl (C=O) groups is 1. The Morgan fingerprint density at radius 1 is 1.00 bits per heavy atom. The molecule has 2 aromatic carbocycles. The zero-order valence-electron chi connectivity index (χ0n) is 20.2. The van der Waals surface area contributed by atoms with Crippen LogP contribution in [0.25, 0.3) is 11.3 Å².